The summed E-state index contributed by atoms with van der Waals surface area (Å²) in [4.78, 5) is 8.85. The third kappa shape index (κ3) is 2.19. The first-order valence-corrected chi connectivity index (χ1v) is 6.68. The first-order chi connectivity index (χ1) is 9.69. The number of nitrogens with two attached hydrogens (primary N) is 1. The predicted octanol–water partition coefficient (Wildman–Crippen LogP) is 2.75. The zero-order chi connectivity index (χ0) is 14.1. The summed E-state index contributed by atoms with van der Waals surface area (Å²) in [7, 11) is 1.44. The number of ether oxygens (including phenoxy) is 1. The van der Waals surface area contributed by atoms with E-state index in [2.05, 4.69) is 9.97 Å². The van der Waals surface area contributed by atoms with Crippen LogP contribution >= 0.6 is 0 Å². The van der Waals surface area contributed by atoms with Crippen LogP contribution in [-0.2, 0) is 12.8 Å². The summed E-state index contributed by atoms with van der Waals surface area (Å²) < 4.78 is 18.7. The van der Waals surface area contributed by atoms with Crippen molar-refractivity contribution in [2.24, 2.45) is 0 Å². The van der Waals surface area contributed by atoms with Gasteiger partial charge < -0.3 is 10.5 Å². The molecule has 0 amide bonds. The van der Waals surface area contributed by atoms with Crippen LogP contribution in [0.2, 0.25) is 0 Å². The maximum absolute atomic E-state index is 13.8. The molecule has 20 heavy (non-hydrogen) atoms. The largest absolute Gasteiger partial charge is 0.494 e. The van der Waals surface area contributed by atoms with Gasteiger partial charge in [0.05, 0.1) is 7.11 Å². The van der Waals surface area contributed by atoms with Gasteiger partial charge in [-0.15, -0.1) is 0 Å². The van der Waals surface area contributed by atoms with E-state index in [4.69, 9.17) is 10.5 Å². The van der Waals surface area contributed by atoms with Crippen molar-refractivity contribution in [3.63, 3.8) is 0 Å². The van der Waals surface area contributed by atoms with Crippen molar-refractivity contribution >= 4 is 5.82 Å². The summed E-state index contributed by atoms with van der Waals surface area (Å²) in [5.74, 6) is 0.773. The lowest BCUT2D eigenvalue weighted by molar-refractivity contribution is 0.386. The number of benzene rings is 1. The number of aromatic nitrogens is 2. The average molecular weight is 273 g/mol. The zero-order valence-electron chi connectivity index (χ0n) is 11.3. The SMILES string of the molecule is COc1ccc(-c2nc(N)c3c(n2)CCCC3)cc1F. The summed E-state index contributed by atoms with van der Waals surface area (Å²) >= 11 is 0. The Balaban J connectivity index is 2.06. The highest BCUT2D eigenvalue weighted by Crippen LogP contribution is 2.28. The molecule has 4 nitrogen and oxygen atoms in total. The highest BCUT2D eigenvalue weighted by Gasteiger charge is 2.17. The summed E-state index contributed by atoms with van der Waals surface area (Å²) in [6.45, 7) is 0. The number of rotatable bonds is 2. The molecule has 0 saturated heterocycles. The van der Waals surface area contributed by atoms with Crippen molar-refractivity contribution in [2.45, 2.75) is 25.7 Å². The van der Waals surface area contributed by atoms with Crippen molar-refractivity contribution in [1.29, 1.82) is 0 Å². The molecule has 0 atom stereocenters. The summed E-state index contributed by atoms with van der Waals surface area (Å²) in [6.07, 6.45) is 4.07. The first kappa shape index (κ1) is 12.8. The molecule has 0 saturated carbocycles. The molecule has 2 N–H and O–H groups in total. The second-order valence-corrected chi connectivity index (χ2v) is 4.91. The zero-order valence-corrected chi connectivity index (χ0v) is 11.3. The Labute approximate surface area is 116 Å². The molecule has 0 bridgehead atoms. The lowest BCUT2D eigenvalue weighted by Gasteiger charge is -2.17. The first-order valence-electron chi connectivity index (χ1n) is 6.68. The van der Waals surface area contributed by atoms with E-state index in [9.17, 15) is 4.39 Å². The van der Waals surface area contributed by atoms with Crippen LogP contribution in [-0.4, -0.2) is 17.1 Å². The van der Waals surface area contributed by atoms with Gasteiger partial charge in [0, 0.05) is 16.8 Å². The maximum Gasteiger partial charge on any atom is 0.165 e. The van der Waals surface area contributed by atoms with Crippen LogP contribution in [0.5, 0.6) is 5.75 Å². The summed E-state index contributed by atoms with van der Waals surface area (Å²) in [5.41, 5.74) is 8.66. The van der Waals surface area contributed by atoms with Gasteiger partial charge in [0.2, 0.25) is 0 Å². The Morgan fingerprint density at radius 2 is 2.00 bits per heavy atom. The highest BCUT2D eigenvalue weighted by molar-refractivity contribution is 5.60. The number of hydrogen-bond donors (Lipinski definition) is 1. The summed E-state index contributed by atoms with van der Waals surface area (Å²) in [6, 6.07) is 4.69. The second-order valence-electron chi connectivity index (χ2n) is 4.91. The molecule has 0 fully saturated rings. The standard InChI is InChI=1S/C15H16FN3O/c1-20-13-7-6-9(8-11(13)16)15-18-12-5-3-2-4-10(12)14(17)19-15/h6-8H,2-5H2,1H3,(H2,17,18,19). The van der Waals surface area contributed by atoms with Gasteiger partial charge in [0.25, 0.3) is 0 Å². The minimum atomic E-state index is -0.426. The molecule has 0 spiro atoms. The van der Waals surface area contributed by atoms with E-state index in [0.717, 1.165) is 36.9 Å². The quantitative estimate of drug-likeness (QED) is 0.914. The Morgan fingerprint density at radius 3 is 2.75 bits per heavy atom. The summed E-state index contributed by atoms with van der Waals surface area (Å²) in [5, 5.41) is 0. The van der Waals surface area contributed by atoms with Crippen molar-refractivity contribution in [2.75, 3.05) is 12.8 Å². The predicted molar refractivity (Wildman–Crippen MR) is 75.0 cm³/mol. The molecule has 0 unspecified atom stereocenters. The average Bonchev–Trinajstić information content (AvgIpc) is 2.47. The van der Waals surface area contributed by atoms with Crippen molar-refractivity contribution in [3.05, 3.63) is 35.3 Å². The van der Waals surface area contributed by atoms with Crippen LogP contribution < -0.4 is 10.5 Å². The van der Waals surface area contributed by atoms with Gasteiger partial charge in [0.15, 0.2) is 17.4 Å². The van der Waals surface area contributed by atoms with Gasteiger partial charge in [-0.2, -0.15) is 0 Å². The number of fused-ring (bicyclic) bond motifs is 1. The second kappa shape index (κ2) is 5.07. The minimum Gasteiger partial charge on any atom is -0.494 e. The molecule has 2 aromatic rings. The van der Waals surface area contributed by atoms with Crippen LogP contribution in [0, 0.1) is 5.82 Å². The van der Waals surface area contributed by atoms with E-state index in [0.29, 0.717) is 17.2 Å². The topological polar surface area (TPSA) is 61.0 Å². The molecule has 1 heterocycles. The monoisotopic (exact) mass is 273 g/mol. The van der Waals surface area contributed by atoms with Crippen molar-refractivity contribution in [1.82, 2.24) is 9.97 Å². The molecule has 0 radical (unpaired) electrons. The third-order valence-electron chi connectivity index (χ3n) is 3.63. The molecule has 5 heteroatoms. The van der Waals surface area contributed by atoms with Crippen LogP contribution in [0.3, 0.4) is 0 Å². The smallest absolute Gasteiger partial charge is 0.165 e. The number of anilines is 1. The highest BCUT2D eigenvalue weighted by atomic mass is 19.1. The van der Waals surface area contributed by atoms with Gasteiger partial charge in [-0.05, 0) is 43.9 Å². The molecule has 1 aromatic heterocycles. The number of hydrogen-bond acceptors (Lipinski definition) is 4. The van der Waals surface area contributed by atoms with Gasteiger partial charge in [-0.1, -0.05) is 0 Å². The third-order valence-corrected chi connectivity index (χ3v) is 3.63. The van der Waals surface area contributed by atoms with Gasteiger partial charge in [0.1, 0.15) is 5.82 Å². The molecule has 1 aromatic carbocycles. The normalized spacial score (nSPS) is 13.9. The lowest BCUT2D eigenvalue weighted by atomic mass is 9.96. The van der Waals surface area contributed by atoms with Crippen LogP contribution in [0.25, 0.3) is 11.4 Å². The number of nitrogen functional groups attached to an aromatic ring is 1. The van der Waals surface area contributed by atoms with E-state index < -0.39 is 5.82 Å². The fourth-order valence-electron chi connectivity index (χ4n) is 2.56. The Morgan fingerprint density at radius 1 is 1.20 bits per heavy atom. The van der Waals surface area contributed by atoms with E-state index in [-0.39, 0.29) is 5.75 Å². The molecule has 1 aliphatic rings. The molecular weight excluding hydrogens is 257 g/mol. The molecule has 3 rings (SSSR count). The Bertz CT molecular complexity index is 658. The fourth-order valence-corrected chi connectivity index (χ4v) is 2.56. The van der Waals surface area contributed by atoms with E-state index in [1.54, 1.807) is 12.1 Å². The van der Waals surface area contributed by atoms with Gasteiger partial charge in [-0.3, -0.25) is 0 Å². The van der Waals surface area contributed by atoms with Crippen LogP contribution in [0.4, 0.5) is 10.2 Å². The molecule has 104 valence electrons. The van der Waals surface area contributed by atoms with Crippen LogP contribution in [0.1, 0.15) is 24.1 Å². The Kier molecular flexibility index (Phi) is 3.26. The van der Waals surface area contributed by atoms with E-state index >= 15 is 0 Å². The number of aryl methyl sites for hydroxylation is 1. The number of methoxy groups -OCH3 is 1. The Hall–Kier alpha value is -2.17. The number of halogens is 1. The minimum absolute atomic E-state index is 0.208. The van der Waals surface area contributed by atoms with E-state index in [1.165, 1.54) is 13.2 Å². The van der Waals surface area contributed by atoms with Gasteiger partial charge in [-0.25, -0.2) is 14.4 Å². The molecular formula is C15H16FN3O. The number of nitrogens with zero attached hydrogens (tertiary/aromatic N) is 2. The van der Waals surface area contributed by atoms with Crippen molar-refractivity contribution in [3.8, 4) is 17.1 Å². The van der Waals surface area contributed by atoms with Crippen LogP contribution in [0.15, 0.2) is 18.2 Å². The maximum atomic E-state index is 13.8. The molecule has 0 aliphatic heterocycles. The molecule has 1 aliphatic carbocycles. The van der Waals surface area contributed by atoms with E-state index in [1.807, 2.05) is 0 Å². The van der Waals surface area contributed by atoms with Gasteiger partial charge >= 0.3 is 0 Å². The fraction of sp³-hybridized carbons (Fsp3) is 0.333. The lowest BCUT2D eigenvalue weighted by Crippen LogP contribution is -2.11. The van der Waals surface area contributed by atoms with Crippen molar-refractivity contribution < 1.29 is 9.13 Å².